The Balaban J connectivity index is 2.90. The molecular weight excluding hydrogens is 248 g/mol. The summed E-state index contributed by atoms with van der Waals surface area (Å²) < 4.78 is 0. The molecule has 1 aromatic heterocycles. The summed E-state index contributed by atoms with van der Waals surface area (Å²) in [4.78, 5) is 20.3. The van der Waals surface area contributed by atoms with Gasteiger partial charge in [-0.05, 0) is 40.9 Å². The number of aryl methyl sites for hydroxylation is 1. The molecule has 3 N–H and O–H groups in total. The van der Waals surface area contributed by atoms with Gasteiger partial charge in [0, 0.05) is 6.04 Å². The minimum atomic E-state index is -0.490. The summed E-state index contributed by atoms with van der Waals surface area (Å²) in [6, 6.07) is 0.0507. The molecule has 8 heteroatoms. The summed E-state index contributed by atoms with van der Waals surface area (Å²) in [5, 5.41) is 14.1. The second-order valence-corrected chi connectivity index (χ2v) is 4.76. The maximum absolute atomic E-state index is 11.0. The van der Waals surface area contributed by atoms with Gasteiger partial charge in [0.15, 0.2) is 0 Å². The van der Waals surface area contributed by atoms with Crippen LogP contribution < -0.4 is 11.1 Å². The van der Waals surface area contributed by atoms with Gasteiger partial charge in [0.25, 0.3) is 0 Å². The third kappa shape index (κ3) is 4.32. The van der Waals surface area contributed by atoms with Gasteiger partial charge < -0.3 is 16.0 Å². The number of nitrogens with zero attached hydrogens (tertiary/aromatic N) is 4. The number of nitrogen functional groups attached to an aromatic ring is 1. The molecule has 0 radical (unpaired) electrons. The highest BCUT2D eigenvalue weighted by molar-refractivity contribution is 5.60. The van der Waals surface area contributed by atoms with E-state index in [-0.39, 0.29) is 29.2 Å². The molecule has 0 aliphatic heterocycles. The Bertz CT molecular complexity index is 463. The quantitative estimate of drug-likeness (QED) is 0.585. The van der Waals surface area contributed by atoms with Gasteiger partial charge in [-0.1, -0.05) is 0 Å². The number of nitro groups is 1. The fraction of sp³-hybridized carbons (Fsp3) is 0.636. The molecule has 1 atom stereocenters. The standard InChI is InChI=1S/C11H20N6O2/c1-7(5-6-16(3)4)13-10-9(17(18)19)8(2)14-11(12)15-10/h7H,5-6H2,1-4H3,(H3,12,13,14,15). The molecule has 0 bridgehead atoms. The third-order valence-electron chi connectivity index (χ3n) is 2.65. The minimum Gasteiger partial charge on any atom is -0.368 e. The number of nitrogens with two attached hydrogens (primary N) is 1. The van der Waals surface area contributed by atoms with Crippen LogP contribution in [0.2, 0.25) is 0 Å². The minimum absolute atomic E-state index is 0.0328. The van der Waals surface area contributed by atoms with Crippen LogP contribution in [0, 0.1) is 17.0 Å². The second-order valence-electron chi connectivity index (χ2n) is 4.76. The van der Waals surface area contributed by atoms with Crippen molar-refractivity contribution in [3.63, 3.8) is 0 Å². The summed E-state index contributed by atoms with van der Waals surface area (Å²) in [5.74, 6) is 0.215. The molecule has 1 rings (SSSR count). The first kappa shape index (κ1) is 15.1. The Morgan fingerprint density at radius 2 is 2.11 bits per heavy atom. The van der Waals surface area contributed by atoms with Crippen LogP contribution in [0.4, 0.5) is 17.5 Å². The highest BCUT2D eigenvalue weighted by Crippen LogP contribution is 2.26. The van der Waals surface area contributed by atoms with Gasteiger partial charge in [0.1, 0.15) is 5.69 Å². The van der Waals surface area contributed by atoms with Crippen molar-refractivity contribution in [3.05, 3.63) is 15.8 Å². The van der Waals surface area contributed by atoms with E-state index in [1.165, 1.54) is 0 Å². The summed E-state index contributed by atoms with van der Waals surface area (Å²) in [6.07, 6.45) is 0.840. The van der Waals surface area contributed by atoms with Gasteiger partial charge in [-0.15, -0.1) is 0 Å². The van der Waals surface area contributed by atoms with E-state index in [0.717, 1.165) is 13.0 Å². The molecule has 0 fully saturated rings. The van der Waals surface area contributed by atoms with E-state index < -0.39 is 4.92 Å². The molecule has 106 valence electrons. The van der Waals surface area contributed by atoms with Crippen molar-refractivity contribution >= 4 is 17.5 Å². The molecule has 0 aliphatic carbocycles. The van der Waals surface area contributed by atoms with Crippen LogP contribution in [-0.4, -0.2) is 46.5 Å². The average molecular weight is 268 g/mol. The summed E-state index contributed by atoms with van der Waals surface area (Å²) in [5.41, 5.74) is 5.68. The number of aromatic nitrogens is 2. The summed E-state index contributed by atoms with van der Waals surface area (Å²) in [6.45, 7) is 4.37. The largest absolute Gasteiger partial charge is 0.368 e. The Kier molecular flexibility index (Phi) is 4.99. The molecule has 0 amide bonds. The van der Waals surface area contributed by atoms with E-state index in [2.05, 4.69) is 15.3 Å². The summed E-state index contributed by atoms with van der Waals surface area (Å²) >= 11 is 0. The molecule has 8 nitrogen and oxygen atoms in total. The fourth-order valence-electron chi connectivity index (χ4n) is 1.67. The van der Waals surface area contributed by atoms with E-state index in [1.807, 2.05) is 25.9 Å². The van der Waals surface area contributed by atoms with Crippen LogP contribution in [0.1, 0.15) is 19.0 Å². The van der Waals surface area contributed by atoms with Crippen molar-refractivity contribution in [3.8, 4) is 0 Å². The van der Waals surface area contributed by atoms with Gasteiger partial charge in [-0.2, -0.15) is 4.98 Å². The number of nitrogens with one attached hydrogen (secondary N) is 1. The molecule has 0 aromatic carbocycles. The van der Waals surface area contributed by atoms with Crippen LogP contribution in [0.3, 0.4) is 0 Å². The predicted molar refractivity (Wildman–Crippen MR) is 74.1 cm³/mol. The van der Waals surface area contributed by atoms with Crippen LogP contribution in [0.5, 0.6) is 0 Å². The molecule has 0 spiro atoms. The van der Waals surface area contributed by atoms with Gasteiger partial charge in [0.05, 0.1) is 4.92 Å². The van der Waals surface area contributed by atoms with Crippen molar-refractivity contribution in [2.75, 3.05) is 31.7 Å². The van der Waals surface area contributed by atoms with Gasteiger partial charge >= 0.3 is 5.69 Å². The monoisotopic (exact) mass is 268 g/mol. The molecule has 0 saturated carbocycles. The summed E-state index contributed by atoms with van der Waals surface area (Å²) in [7, 11) is 3.95. The second kappa shape index (κ2) is 6.28. The number of rotatable bonds is 6. The highest BCUT2D eigenvalue weighted by Gasteiger charge is 2.22. The van der Waals surface area contributed by atoms with Crippen molar-refractivity contribution < 1.29 is 4.92 Å². The Morgan fingerprint density at radius 1 is 1.47 bits per heavy atom. The average Bonchev–Trinajstić information content (AvgIpc) is 2.24. The number of hydrogen-bond donors (Lipinski definition) is 2. The first-order chi connectivity index (χ1) is 8.81. The lowest BCUT2D eigenvalue weighted by molar-refractivity contribution is -0.385. The first-order valence-corrected chi connectivity index (χ1v) is 6.01. The van der Waals surface area contributed by atoms with E-state index in [0.29, 0.717) is 0 Å². The van der Waals surface area contributed by atoms with E-state index in [4.69, 9.17) is 5.73 Å². The fourth-order valence-corrected chi connectivity index (χ4v) is 1.67. The topological polar surface area (TPSA) is 110 Å². The van der Waals surface area contributed by atoms with Crippen molar-refractivity contribution in [1.82, 2.24) is 14.9 Å². The van der Waals surface area contributed by atoms with Crippen LogP contribution in [-0.2, 0) is 0 Å². The van der Waals surface area contributed by atoms with Crippen molar-refractivity contribution in [2.45, 2.75) is 26.3 Å². The maximum Gasteiger partial charge on any atom is 0.332 e. The zero-order chi connectivity index (χ0) is 14.6. The van der Waals surface area contributed by atoms with Gasteiger partial charge in [-0.3, -0.25) is 10.1 Å². The van der Waals surface area contributed by atoms with Crippen molar-refractivity contribution in [2.24, 2.45) is 0 Å². The molecule has 0 saturated heterocycles. The first-order valence-electron chi connectivity index (χ1n) is 6.01. The molecule has 0 aliphatic rings. The smallest absolute Gasteiger partial charge is 0.332 e. The van der Waals surface area contributed by atoms with Crippen LogP contribution in [0.25, 0.3) is 0 Å². The third-order valence-corrected chi connectivity index (χ3v) is 2.65. The lowest BCUT2D eigenvalue weighted by atomic mass is 10.2. The zero-order valence-corrected chi connectivity index (χ0v) is 11.7. The van der Waals surface area contributed by atoms with Crippen LogP contribution >= 0.6 is 0 Å². The normalized spacial score (nSPS) is 12.5. The van der Waals surface area contributed by atoms with E-state index in [9.17, 15) is 10.1 Å². The molecule has 19 heavy (non-hydrogen) atoms. The zero-order valence-electron chi connectivity index (χ0n) is 11.7. The molecule has 1 unspecified atom stereocenters. The Morgan fingerprint density at radius 3 is 2.63 bits per heavy atom. The molecule has 1 aromatic rings. The van der Waals surface area contributed by atoms with Crippen molar-refractivity contribution in [1.29, 1.82) is 0 Å². The van der Waals surface area contributed by atoms with Gasteiger partial charge in [0.2, 0.25) is 11.8 Å². The van der Waals surface area contributed by atoms with Crippen LogP contribution in [0.15, 0.2) is 0 Å². The van der Waals surface area contributed by atoms with E-state index in [1.54, 1.807) is 6.92 Å². The lowest BCUT2D eigenvalue weighted by Crippen LogP contribution is -2.24. The Labute approximate surface area is 112 Å². The van der Waals surface area contributed by atoms with E-state index >= 15 is 0 Å². The predicted octanol–water partition coefficient (Wildman–Crippen LogP) is 1.03. The molecule has 1 heterocycles. The SMILES string of the molecule is Cc1nc(N)nc(NC(C)CCN(C)C)c1[N+](=O)[O-]. The Hall–Kier alpha value is -1.96. The number of hydrogen-bond acceptors (Lipinski definition) is 7. The lowest BCUT2D eigenvalue weighted by Gasteiger charge is -2.17. The highest BCUT2D eigenvalue weighted by atomic mass is 16.6. The van der Waals surface area contributed by atoms with Gasteiger partial charge in [-0.25, -0.2) is 4.98 Å². The molecular formula is C11H20N6O2. The number of anilines is 2. The maximum atomic E-state index is 11.0.